The molecule has 0 saturated carbocycles. The second-order valence-electron chi connectivity index (χ2n) is 6.41. The molecule has 0 aromatic heterocycles. The second-order valence-corrected chi connectivity index (χ2v) is 6.41. The molecule has 1 atom stereocenters. The van der Waals surface area contributed by atoms with E-state index in [-0.39, 0.29) is 18.2 Å². The van der Waals surface area contributed by atoms with E-state index in [0.717, 1.165) is 5.56 Å². The smallest absolute Gasteiger partial charge is 0.242 e. The van der Waals surface area contributed by atoms with E-state index in [4.69, 9.17) is 0 Å². The molecule has 0 fully saturated rings. The zero-order valence-electron chi connectivity index (χ0n) is 16.0. The van der Waals surface area contributed by atoms with Gasteiger partial charge in [-0.15, -0.1) is 0 Å². The van der Waals surface area contributed by atoms with Crippen LogP contribution in [0.5, 0.6) is 0 Å². The average Bonchev–Trinajstić information content (AvgIpc) is 2.67. The maximum atomic E-state index is 14.0. The van der Waals surface area contributed by atoms with Crippen molar-refractivity contribution < 1.29 is 14.0 Å². The van der Waals surface area contributed by atoms with Crippen LogP contribution in [-0.4, -0.2) is 35.8 Å². The quantitative estimate of drug-likeness (QED) is 0.736. The van der Waals surface area contributed by atoms with E-state index < -0.39 is 11.9 Å². The summed E-state index contributed by atoms with van der Waals surface area (Å²) in [5.74, 6) is -0.816. The third kappa shape index (κ3) is 5.91. The van der Waals surface area contributed by atoms with Gasteiger partial charge in [-0.3, -0.25) is 9.59 Å². The van der Waals surface area contributed by atoms with Gasteiger partial charge >= 0.3 is 0 Å². The second kappa shape index (κ2) is 10.5. The minimum Gasteiger partial charge on any atom is -0.355 e. The number of halogens is 1. The Hall–Kier alpha value is -2.69. The van der Waals surface area contributed by atoms with Gasteiger partial charge < -0.3 is 10.2 Å². The van der Waals surface area contributed by atoms with Gasteiger partial charge in [0.25, 0.3) is 0 Å². The third-order valence-electron chi connectivity index (χ3n) is 4.52. The molecule has 2 rings (SSSR count). The molecule has 0 aliphatic carbocycles. The molecule has 5 heteroatoms. The summed E-state index contributed by atoms with van der Waals surface area (Å²) in [5.41, 5.74) is 1.44. The van der Waals surface area contributed by atoms with Crippen LogP contribution < -0.4 is 5.32 Å². The summed E-state index contributed by atoms with van der Waals surface area (Å²) in [6.45, 7) is 4.64. The van der Waals surface area contributed by atoms with Crippen LogP contribution in [-0.2, 0) is 22.4 Å². The molecule has 2 amide bonds. The number of hydrogen-bond donors (Lipinski definition) is 1. The van der Waals surface area contributed by atoms with Gasteiger partial charge in [-0.25, -0.2) is 4.39 Å². The normalized spacial score (nSPS) is 11.7. The Kier molecular flexibility index (Phi) is 7.99. The van der Waals surface area contributed by atoms with Crippen molar-refractivity contribution in [2.45, 2.75) is 39.2 Å². The summed E-state index contributed by atoms with van der Waals surface area (Å²) in [5, 5.41) is 2.80. The molecule has 0 aliphatic heterocycles. The van der Waals surface area contributed by atoms with Gasteiger partial charge in [0.2, 0.25) is 11.8 Å². The maximum Gasteiger partial charge on any atom is 0.242 e. The van der Waals surface area contributed by atoms with Crippen LogP contribution >= 0.6 is 0 Å². The van der Waals surface area contributed by atoms with Gasteiger partial charge in [-0.05, 0) is 37.0 Å². The van der Waals surface area contributed by atoms with Gasteiger partial charge in [0.05, 0.1) is 6.42 Å². The summed E-state index contributed by atoms with van der Waals surface area (Å²) >= 11 is 0. The number of likely N-dealkylation sites (N-methyl/N-ethyl adjacent to an activating group) is 1. The molecule has 1 N–H and O–H groups in total. The van der Waals surface area contributed by atoms with E-state index in [2.05, 4.69) is 5.32 Å². The van der Waals surface area contributed by atoms with Crippen molar-refractivity contribution in [1.82, 2.24) is 10.2 Å². The Balaban J connectivity index is 2.20. The fourth-order valence-corrected chi connectivity index (χ4v) is 3.09. The number of hydrogen-bond acceptors (Lipinski definition) is 2. The minimum absolute atomic E-state index is 0.0582. The average molecular weight is 370 g/mol. The first-order valence-electron chi connectivity index (χ1n) is 9.41. The molecule has 0 heterocycles. The molecular formula is C22H27FN2O2. The Morgan fingerprint density at radius 3 is 2.33 bits per heavy atom. The van der Waals surface area contributed by atoms with Crippen molar-refractivity contribution in [3.63, 3.8) is 0 Å². The van der Waals surface area contributed by atoms with Crippen LogP contribution in [0.2, 0.25) is 0 Å². The van der Waals surface area contributed by atoms with Gasteiger partial charge in [-0.1, -0.05) is 55.5 Å². The molecule has 0 radical (unpaired) electrons. The van der Waals surface area contributed by atoms with Crippen LogP contribution in [0.1, 0.15) is 31.4 Å². The topological polar surface area (TPSA) is 49.4 Å². The predicted octanol–water partition coefficient (Wildman–Crippen LogP) is 3.35. The summed E-state index contributed by atoms with van der Waals surface area (Å²) in [6, 6.07) is 15.5. The minimum atomic E-state index is -0.562. The monoisotopic (exact) mass is 370 g/mol. The van der Waals surface area contributed by atoms with Crippen LogP contribution in [0.3, 0.4) is 0 Å². The number of carbonyl (C=O) groups is 2. The Morgan fingerprint density at radius 2 is 1.70 bits per heavy atom. The lowest BCUT2D eigenvalue weighted by atomic mass is 10.1. The number of carbonyl (C=O) groups excluding carboxylic acids is 2. The fourth-order valence-electron chi connectivity index (χ4n) is 3.09. The van der Waals surface area contributed by atoms with Crippen molar-refractivity contribution in [3.05, 3.63) is 71.5 Å². The van der Waals surface area contributed by atoms with Crippen molar-refractivity contribution in [2.24, 2.45) is 0 Å². The number of benzene rings is 2. The molecule has 144 valence electrons. The van der Waals surface area contributed by atoms with Gasteiger partial charge in [0.1, 0.15) is 11.9 Å². The van der Waals surface area contributed by atoms with Gasteiger partial charge in [0, 0.05) is 13.1 Å². The van der Waals surface area contributed by atoms with E-state index in [0.29, 0.717) is 31.5 Å². The number of nitrogens with zero attached hydrogens (tertiary/aromatic N) is 1. The van der Waals surface area contributed by atoms with Crippen LogP contribution in [0.25, 0.3) is 0 Å². The zero-order valence-corrected chi connectivity index (χ0v) is 16.0. The summed E-state index contributed by atoms with van der Waals surface area (Å²) in [7, 11) is 0. The van der Waals surface area contributed by atoms with E-state index in [1.165, 1.54) is 6.07 Å². The summed E-state index contributed by atoms with van der Waals surface area (Å²) < 4.78 is 14.0. The molecule has 2 aromatic carbocycles. The Labute approximate surface area is 160 Å². The Morgan fingerprint density at radius 1 is 1.04 bits per heavy atom. The fraction of sp³-hybridized carbons (Fsp3) is 0.364. The first-order chi connectivity index (χ1) is 13.1. The summed E-state index contributed by atoms with van der Waals surface area (Å²) in [4.78, 5) is 27.0. The molecule has 2 aromatic rings. The van der Waals surface area contributed by atoms with Crippen LogP contribution in [0.4, 0.5) is 4.39 Å². The van der Waals surface area contributed by atoms with Crippen molar-refractivity contribution in [3.8, 4) is 0 Å². The standard InChI is InChI=1S/C22H27FN2O2/c1-3-20(22(27)24-4-2)25(15-14-17-10-6-5-7-11-17)21(26)16-18-12-8-9-13-19(18)23/h5-13,20H,3-4,14-16H2,1-2H3,(H,24,27)/t20-/m0/s1. The highest BCUT2D eigenvalue weighted by Crippen LogP contribution is 2.14. The zero-order chi connectivity index (χ0) is 19.6. The molecule has 0 spiro atoms. The molecule has 0 bridgehead atoms. The lowest BCUT2D eigenvalue weighted by Crippen LogP contribution is -2.50. The number of amides is 2. The molecule has 0 saturated heterocycles. The number of nitrogens with one attached hydrogen (secondary N) is 1. The van der Waals surface area contributed by atoms with E-state index >= 15 is 0 Å². The van der Waals surface area contributed by atoms with Gasteiger partial charge in [-0.2, -0.15) is 0 Å². The molecule has 0 aliphatic rings. The van der Waals surface area contributed by atoms with Crippen molar-refractivity contribution >= 4 is 11.8 Å². The highest BCUT2D eigenvalue weighted by molar-refractivity contribution is 5.88. The highest BCUT2D eigenvalue weighted by atomic mass is 19.1. The van der Waals surface area contributed by atoms with E-state index in [1.54, 1.807) is 23.1 Å². The maximum absolute atomic E-state index is 14.0. The largest absolute Gasteiger partial charge is 0.355 e. The third-order valence-corrected chi connectivity index (χ3v) is 4.52. The first-order valence-corrected chi connectivity index (χ1v) is 9.41. The molecule has 0 unspecified atom stereocenters. The molecule has 27 heavy (non-hydrogen) atoms. The lowest BCUT2D eigenvalue weighted by molar-refractivity contribution is -0.140. The van der Waals surface area contributed by atoms with Crippen molar-refractivity contribution in [2.75, 3.05) is 13.1 Å². The van der Waals surface area contributed by atoms with E-state index in [1.807, 2.05) is 44.2 Å². The van der Waals surface area contributed by atoms with E-state index in [9.17, 15) is 14.0 Å². The molecule has 4 nitrogen and oxygen atoms in total. The van der Waals surface area contributed by atoms with Crippen molar-refractivity contribution in [1.29, 1.82) is 0 Å². The predicted molar refractivity (Wildman–Crippen MR) is 105 cm³/mol. The van der Waals surface area contributed by atoms with Crippen LogP contribution in [0.15, 0.2) is 54.6 Å². The number of rotatable bonds is 9. The van der Waals surface area contributed by atoms with Gasteiger partial charge in [0.15, 0.2) is 0 Å². The molecular weight excluding hydrogens is 343 g/mol. The SMILES string of the molecule is CCNC(=O)[C@H](CC)N(CCc1ccccc1)C(=O)Cc1ccccc1F. The summed E-state index contributed by atoms with van der Waals surface area (Å²) in [6.07, 6.45) is 1.08. The highest BCUT2D eigenvalue weighted by Gasteiger charge is 2.28. The Bertz CT molecular complexity index is 749. The first kappa shape index (κ1) is 20.6. The van der Waals surface area contributed by atoms with Crippen LogP contribution in [0, 0.1) is 5.82 Å². The lowest BCUT2D eigenvalue weighted by Gasteiger charge is -2.30.